The predicted molar refractivity (Wildman–Crippen MR) is 50.3 cm³/mol. The van der Waals surface area contributed by atoms with Gasteiger partial charge in [0.15, 0.2) is 0 Å². The van der Waals surface area contributed by atoms with E-state index >= 15 is 0 Å². The minimum absolute atomic E-state index is 0.184. The van der Waals surface area contributed by atoms with Gasteiger partial charge in [0, 0.05) is 10.6 Å². The molecule has 1 aromatic heterocycles. The molecule has 72 valence electrons. The molecule has 0 amide bonds. The first-order valence-corrected chi connectivity index (χ1v) is 4.78. The first-order chi connectivity index (χ1) is 6.06. The zero-order valence-corrected chi connectivity index (χ0v) is 8.35. The van der Waals surface area contributed by atoms with E-state index in [2.05, 4.69) is 0 Å². The fourth-order valence-electron chi connectivity index (χ4n) is 1.28. The maximum Gasteiger partial charge on any atom is 0.323 e. The lowest BCUT2D eigenvalue weighted by molar-refractivity contribution is -0.137. The molecule has 0 saturated carbocycles. The molecule has 1 heterocycles. The van der Waals surface area contributed by atoms with Crippen LogP contribution in [0, 0.1) is 6.92 Å². The van der Waals surface area contributed by atoms with Gasteiger partial charge in [-0.05, 0) is 13.3 Å². The summed E-state index contributed by atoms with van der Waals surface area (Å²) in [6.07, 6.45) is 0.692. The number of hydrogen-bond donors (Lipinski definition) is 1. The predicted octanol–water partition coefficient (Wildman–Crippen LogP) is 0.865. The normalized spacial score (nSPS) is 10.3. The third-order valence-electron chi connectivity index (χ3n) is 1.82. The highest BCUT2D eigenvalue weighted by molar-refractivity contribution is 7.09. The molecule has 4 nitrogen and oxygen atoms in total. The topological polar surface area (TPSA) is 59.3 Å². The monoisotopic (exact) mass is 201 g/mol. The number of aromatic nitrogens is 1. The highest BCUT2D eigenvalue weighted by Crippen LogP contribution is 2.11. The summed E-state index contributed by atoms with van der Waals surface area (Å²) in [5.74, 6) is -0.977. The molecule has 0 radical (unpaired) electrons. The number of carbonyl (C=O) groups is 1. The van der Waals surface area contributed by atoms with Gasteiger partial charge in [-0.3, -0.25) is 14.2 Å². The SMILES string of the molecule is CCc1c(C)sc(=O)n1CC(=O)O. The van der Waals surface area contributed by atoms with E-state index in [4.69, 9.17) is 5.11 Å². The van der Waals surface area contributed by atoms with Crippen molar-refractivity contribution in [3.63, 3.8) is 0 Å². The van der Waals surface area contributed by atoms with E-state index in [0.717, 1.165) is 21.9 Å². The van der Waals surface area contributed by atoms with Crippen molar-refractivity contribution in [2.45, 2.75) is 26.8 Å². The zero-order chi connectivity index (χ0) is 10.0. The fraction of sp³-hybridized carbons (Fsp3) is 0.500. The van der Waals surface area contributed by atoms with E-state index in [9.17, 15) is 9.59 Å². The maximum absolute atomic E-state index is 11.3. The van der Waals surface area contributed by atoms with Crippen LogP contribution in [0.25, 0.3) is 0 Å². The number of hydrogen-bond acceptors (Lipinski definition) is 3. The molecule has 0 unspecified atom stereocenters. The maximum atomic E-state index is 11.3. The van der Waals surface area contributed by atoms with E-state index in [0.29, 0.717) is 6.42 Å². The quantitative estimate of drug-likeness (QED) is 0.789. The number of carboxylic acids is 1. The fourth-order valence-corrected chi connectivity index (χ4v) is 2.20. The van der Waals surface area contributed by atoms with Crippen LogP contribution < -0.4 is 4.87 Å². The summed E-state index contributed by atoms with van der Waals surface area (Å²) in [5, 5.41) is 8.57. The van der Waals surface area contributed by atoms with Gasteiger partial charge in [-0.15, -0.1) is 0 Å². The highest BCUT2D eigenvalue weighted by atomic mass is 32.1. The molecule has 0 aliphatic rings. The summed E-state index contributed by atoms with van der Waals surface area (Å²) in [4.78, 5) is 22.4. The standard InChI is InChI=1S/C8H11NO3S/c1-3-6-5(2)13-8(12)9(6)4-7(10)11/h3-4H2,1-2H3,(H,10,11). The van der Waals surface area contributed by atoms with Crippen LogP contribution in [-0.4, -0.2) is 15.6 Å². The van der Waals surface area contributed by atoms with Crippen molar-refractivity contribution in [2.75, 3.05) is 0 Å². The van der Waals surface area contributed by atoms with Gasteiger partial charge >= 0.3 is 10.8 Å². The Kier molecular flexibility index (Phi) is 2.87. The minimum Gasteiger partial charge on any atom is -0.480 e. The van der Waals surface area contributed by atoms with Gasteiger partial charge in [0.05, 0.1) is 0 Å². The van der Waals surface area contributed by atoms with Crippen molar-refractivity contribution in [1.82, 2.24) is 4.57 Å². The highest BCUT2D eigenvalue weighted by Gasteiger charge is 2.11. The number of rotatable bonds is 3. The van der Waals surface area contributed by atoms with Crippen LogP contribution >= 0.6 is 11.3 Å². The zero-order valence-electron chi connectivity index (χ0n) is 7.53. The number of thiazole rings is 1. The van der Waals surface area contributed by atoms with E-state index in [-0.39, 0.29) is 11.4 Å². The lowest BCUT2D eigenvalue weighted by Gasteiger charge is -2.02. The van der Waals surface area contributed by atoms with Crippen molar-refractivity contribution in [2.24, 2.45) is 0 Å². The van der Waals surface area contributed by atoms with Crippen molar-refractivity contribution in [3.8, 4) is 0 Å². The Morgan fingerprint density at radius 2 is 2.23 bits per heavy atom. The Balaban J connectivity index is 3.17. The summed E-state index contributed by atoms with van der Waals surface area (Å²) in [6.45, 7) is 3.52. The number of carboxylic acid groups (broad SMARTS) is 1. The summed E-state index contributed by atoms with van der Waals surface area (Å²) < 4.78 is 1.32. The lowest BCUT2D eigenvalue weighted by Crippen LogP contribution is -2.21. The van der Waals surface area contributed by atoms with Gasteiger partial charge in [0.2, 0.25) is 0 Å². The third kappa shape index (κ3) is 1.98. The molecule has 0 aromatic carbocycles. The smallest absolute Gasteiger partial charge is 0.323 e. The van der Waals surface area contributed by atoms with Crippen LogP contribution in [0.5, 0.6) is 0 Å². The molecule has 1 aromatic rings. The van der Waals surface area contributed by atoms with E-state index in [1.807, 2.05) is 13.8 Å². The van der Waals surface area contributed by atoms with Gasteiger partial charge in [-0.1, -0.05) is 18.3 Å². The van der Waals surface area contributed by atoms with Crippen molar-refractivity contribution >= 4 is 17.3 Å². The van der Waals surface area contributed by atoms with E-state index in [1.165, 1.54) is 4.57 Å². The molecule has 0 atom stereocenters. The lowest BCUT2D eigenvalue weighted by atomic mass is 10.3. The average Bonchev–Trinajstić information content (AvgIpc) is 2.26. The van der Waals surface area contributed by atoms with Gasteiger partial charge in [0.25, 0.3) is 0 Å². The largest absolute Gasteiger partial charge is 0.480 e. The first-order valence-electron chi connectivity index (χ1n) is 3.97. The Labute approximate surface area is 79.4 Å². The summed E-state index contributed by atoms with van der Waals surface area (Å²) >= 11 is 1.11. The Hall–Kier alpha value is -1.10. The molecule has 1 N–H and O–H groups in total. The van der Waals surface area contributed by atoms with Gasteiger partial charge in [-0.25, -0.2) is 0 Å². The second-order valence-electron chi connectivity index (χ2n) is 2.70. The van der Waals surface area contributed by atoms with Crippen molar-refractivity contribution in [1.29, 1.82) is 0 Å². The molecule has 1 rings (SSSR count). The molecule has 5 heteroatoms. The first kappa shape index (κ1) is 9.98. The molecule has 0 aliphatic carbocycles. The number of nitrogens with zero attached hydrogens (tertiary/aromatic N) is 1. The van der Waals surface area contributed by atoms with E-state index < -0.39 is 5.97 Å². The molecule has 0 saturated heterocycles. The molecule has 0 aliphatic heterocycles. The Bertz CT molecular complexity index is 377. The second kappa shape index (κ2) is 3.74. The molecule has 0 fully saturated rings. The van der Waals surface area contributed by atoms with Crippen LogP contribution in [0.1, 0.15) is 17.5 Å². The molecule has 0 spiro atoms. The van der Waals surface area contributed by atoms with Crippen LogP contribution in [0.4, 0.5) is 0 Å². The number of aryl methyl sites for hydroxylation is 1. The summed E-state index contributed by atoms with van der Waals surface area (Å²) in [6, 6.07) is 0. The van der Waals surface area contributed by atoms with Crippen LogP contribution in [0.15, 0.2) is 4.79 Å². The molecule has 0 bridgehead atoms. The van der Waals surface area contributed by atoms with Crippen LogP contribution in [-0.2, 0) is 17.8 Å². The average molecular weight is 201 g/mol. The second-order valence-corrected chi connectivity index (χ2v) is 3.87. The van der Waals surface area contributed by atoms with Gasteiger partial charge < -0.3 is 5.11 Å². The Morgan fingerprint density at radius 1 is 1.62 bits per heavy atom. The van der Waals surface area contributed by atoms with Gasteiger partial charge in [0.1, 0.15) is 6.54 Å². The molecular weight excluding hydrogens is 190 g/mol. The summed E-state index contributed by atoms with van der Waals surface area (Å²) in [5.41, 5.74) is 0.831. The third-order valence-corrected chi connectivity index (χ3v) is 2.76. The van der Waals surface area contributed by atoms with Crippen LogP contribution in [0.3, 0.4) is 0 Å². The Morgan fingerprint density at radius 3 is 2.69 bits per heavy atom. The minimum atomic E-state index is -0.977. The van der Waals surface area contributed by atoms with Gasteiger partial charge in [-0.2, -0.15) is 0 Å². The molecule has 13 heavy (non-hydrogen) atoms. The van der Waals surface area contributed by atoms with E-state index in [1.54, 1.807) is 0 Å². The van der Waals surface area contributed by atoms with Crippen molar-refractivity contribution < 1.29 is 9.90 Å². The summed E-state index contributed by atoms with van der Waals surface area (Å²) in [7, 11) is 0. The molecular formula is C8H11NO3S. The van der Waals surface area contributed by atoms with Crippen LogP contribution in [0.2, 0.25) is 0 Å². The van der Waals surface area contributed by atoms with Crippen molar-refractivity contribution in [3.05, 3.63) is 20.2 Å². The number of aliphatic carboxylic acids is 1.